The van der Waals surface area contributed by atoms with Crippen LogP contribution in [0.4, 0.5) is 0 Å². The molecule has 0 aliphatic heterocycles. The van der Waals surface area contributed by atoms with E-state index in [4.69, 9.17) is 0 Å². The van der Waals surface area contributed by atoms with Gasteiger partial charge in [-0.3, -0.25) is 0 Å². The maximum absolute atomic E-state index is 2.24. The van der Waals surface area contributed by atoms with Crippen molar-refractivity contribution in [3.63, 3.8) is 0 Å². The van der Waals surface area contributed by atoms with Gasteiger partial charge in [0.05, 0.1) is 0 Å². The van der Waals surface area contributed by atoms with E-state index in [1.54, 1.807) is 0 Å². The molecule has 0 saturated carbocycles. The van der Waals surface area contributed by atoms with E-state index in [0.717, 1.165) is 0 Å². The number of hydrogen-bond donors (Lipinski definition) is 0. The number of rotatable bonds is 6. The van der Waals surface area contributed by atoms with Gasteiger partial charge in [0, 0.05) is 71.0 Å². The van der Waals surface area contributed by atoms with Crippen molar-refractivity contribution in [2.75, 3.05) is 0 Å². The number of hydrogen-bond acceptors (Lipinski definition) is 0. The Bertz CT molecular complexity index is 1150. The van der Waals surface area contributed by atoms with Gasteiger partial charge in [-0.2, -0.15) is 0 Å². The second-order valence-electron chi connectivity index (χ2n) is 8.57. The molecular formula is C36H30Sn3Te3. The molecule has 6 heteroatoms. The Kier molecular flexibility index (Phi) is 24.2. The molecule has 0 nitrogen and oxygen atoms in total. The second kappa shape index (κ2) is 25.3. The zero-order valence-corrected chi connectivity index (χ0v) is 38.6. The Morgan fingerprint density at radius 1 is 0.190 bits per heavy atom. The molecule has 0 aromatic heterocycles. The molecule has 0 aliphatic rings. The van der Waals surface area contributed by atoms with Crippen LogP contribution in [-0.2, 0) is 0 Å². The molecule has 204 valence electrons. The fourth-order valence-electron chi connectivity index (χ4n) is 3.63. The van der Waals surface area contributed by atoms with E-state index in [-0.39, 0.29) is 71.0 Å². The van der Waals surface area contributed by atoms with Crippen LogP contribution in [0.1, 0.15) is 0 Å². The van der Waals surface area contributed by atoms with Gasteiger partial charge in [-0.25, -0.2) is 0 Å². The van der Waals surface area contributed by atoms with E-state index in [1.165, 1.54) is 21.5 Å². The van der Waals surface area contributed by atoms with Crippen LogP contribution < -0.4 is 21.5 Å². The third-order valence-electron chi connectivity index (χ3n) is 5.51. The van der Waals surface area contributed by atoms with Gasteiger partial charge in [0.25, 0.3) is 0 Å². The molecule has 0 N–H and O–H groups in total. The van der Waals surface area contributed by atoms with Gasteiger partial charge in [-0.1, -0.05) is 0 Å². The summed E-state index contributed by atoms with van der Waals surface area (Å²) in [6, 6.07) is 64.8. The Hall–Kier alpha value is 0.0849. The molecule has 0 heterocycles. The van der Waals surface area contributed by atoms with Crippen molar-refractivity contribution in [2.24, 2.45) is 0 Å². The standard InChI is InChI=1S/6C6H5.3Sn.3Te/c6*1-2-4-6-5-3-1;;;;;;/h6*1-5H;;;;;;. The van der Waals surface area contributed by atoms with Gasteiger partial charge in [0.2, 0.25) is 0 Å². The molecule has 0 unspecified atom stereocenters. The summed E-state index contributed by atoms with van der Waals surface area (Å²) in [5.41, 5.74) is 0. The van der Waals surface area contributed by atoms with Crippen molar-refractivity contribution in [1.82, 2.24) is 0 Å². The monoisotopic (exact) mass is 1210 g/mol. The molecule has 0 fully saturated rings. The summed E-state index contributed by atoms with van der Waals surface area (Å²) >= 11 is -1.55. The minimum atomic E-state index is -0.517. The zero-order valence-electron chi connectivity index (χ0n) is 23.0. The predicted molar refractivity (Wildman–Crippen MR) is 191 cm³/mol. The van der Waals surface area contributed by atoms with Crippen molar-refractivity contribution >= 4 is 156 Å². The van der Waals surface area contributed by atoms with Crippen LogP contribution in [0.25, 0.3) is 0 Å². The number of benzene rings is 6. The molecule has 0 aliphatic carbocycles. The fraction of sp³-hybridized carbons (Fsp3) is 0. The van der Waals surface area contributed by atoms with Crippen molar-refractivity contribution in [3.05, 3.63) is 182 Å². The van der Waals surface area contributed by atoms with E-state index in [0.29, 0.717) is 0 Å². The Labute approximate surface area is 332 Å². The maximum atomic E-state index is 2.24. The summed E-state index contributed by atoms with van der Waals surface area (Å²) < 4.78 is 9.24. The van der Waals surface area contributed by atoms with E-state index < -0.39 is 63.4 Å². The summed E-state index contributed by atoms with van der Waals surface area (Å²) in [5, 5.41) is 0. The van der Waals surface area contributed by atoms with Crippen LogP contribution in [0.2, 0.25) is 0 Å². The van der Waals surface area contributed by atoms with Crippen molar-refractivity contribution in [3.8, 4) is 0 Å². The SMILES string of the molecule is [Te].[Te].[Te].c1cc[c]([Sn][c]2ccccc2)cc1.c1cc[c]([Sn][c]2ccccc2)cc1.c1cc[c]([Sn][c]2ccccc2)cc1. The first-order chi connectivity index (χ1) is 19.3. The first-order valence-corrected chi connectivity index (χ1v) is 21.5. The van der Waals surface area contributed by atoms with Gasteiger partial charge < -0.3 is 0 Å². The topological polar surface area (TPSA) is 0 Å². The molecule has 12 radical (unpaired) electrons. The average molecular weight is 1200 g/mol. The molecule has 6 aromatic carbocycles. The van der Waals surface area contributed by atoms with E-state index >= 15 is 0 Å². The summed E-state index contributed by atoms with van der Waals surface area (Å²) in [6.07, 6.45) is 0. The first kappa shape index (κ1) is 40.1. The molecule has 0 amide bonds. The van der Waals surface area contributed by atoms with Crippen LogP contribution in [0.5, 0.6) is 0 Å². The van der Waals surface area contributed by atoms with E-state index in [1.807, 2.05) is 0 Å². The van der Waals surface area contributed by atoms with Gasteiger partial charge in [0.15, 0.2) is 0 Å². The Morgan fingerprint density at radius 2 is 0.310 bits per heavy atom. The quantitative estimate of drug-likeness (QED) is 0.226. The van der Waals surface area contributed by atoms with Crippen molar-refractivity contribution in [2.45, 2.75) is 0 Å². The summed E-state index contributed by atoms with van der Waals surface area (Å²) in [4.78, 5) is 0. The average Bonchev–Trinajstić information content (AvgIpc) is 3.01. The van der Waals surface area contributed by atoms with Crippen LogP contribution >= 0.6 is 0 Å². The zero-order chi connectivity index (χ0) is 26.8. The molecule has 6 aromatic rings. The van der Waals surface area contributed by atoms with Crippen molar-refractivity contribution < 1.29 is 0 Å². The summed E-state index contributed by atoms with van der Waals surface area (Å²) in [7, 11) is 0. The van der Waals surface area contributed by atoms with Gasteiger partial charge in [0.1, 0.15) is 0 Å². The molecule has 0 bridgehead atoms. The van der Waals surface area contributed by atoms with Crippen LogP contribution in [0, 0.1) is 0 Å². The second-order valence-corrected chi connectivity index (χ2v) is 20.6. The normalized spacial score (nSPS) is 9.14. The summed E-state index contributed by atoms with van der Waals surface area (Å²) in [5.74, 6) is 0. The summed E-state index contributed by atoms with van der Waals surface area (Å²) in [6.45, 7) is 0. The van der Waals surface area contributed by atoms with Gasteiger partial charge >= 0.3 is 267 Å². The molecule has 0 atom stereocenters. The molecular weight excluding hydrogens is 1170 g/mol. The molecule has 0 spiro atoms. The van der Waals surface area contributed by atoms with Crippen LogP contribution in [0.3, 0.4) is 0 Å². The van der Waals surface area contributed by atoms with E-state index in [2.05, 4.69) is 182 Å². The third kappa shape index (κ3) is 17.0. The first-order valence-electron chi connectivity index (χ1n) is 13.0. The fourth-order valence-corrected chi connectivity index (χ4v) is 12.6. The Balaban J connectivity index is 0.000000304. The predicted octanol–water partition coefficient (Wildman–Crippen LogP) is 2.88. The van der Waals surface area contributed by atoms with E-state index in [9.17, 15) is 0 Å². The van der Waals surface area contributed by atoms with Gasteiger partial charge in [-0.05, 0) is 0 Å². The van der Waals surface area contributed by atoms with Gasteiger partial charge in [-0.15, -0.1) is 0 Å². The molecule has 42 heavy (non-hydrogen) atoms. The third-order valence-corrected chi connectivity index (χ3v) is 16.2. The van der Waals surface area contributed by atoms with Crippen LogP contribution in [0.15, 0.2) is 182 Å². The van der Waals surface area contributed by atoms with Crippen LogP contribution in [-0.4, -0.2) is 134 Å². The molecule has 0 saturated heterocycles. The molecule has 6 rings (SSSR count). The minimum absolute atomic E-state index is 0. The Morgan fingerprint density at radius 3 is 0.429 bits per heavy atom. The van der Waals surface area contributed by atoms with Crippen molar-refractivity contribution in [1.29, 1.82) is 0 Å².